The maximum atomic E-state index is 12.0. The van der Waals surface area contributed by atoms with Crippen LogP contribution in [0.15, 0.2) is 18.5 Å². The third kappa shape index (κ3) is 3.06. The molecule has 7 heteroatoms. The minimum absolute atomic E-state index is 0.0109. The summed E-state index contributed by atoms with van der Waals surface area (Å²) in [6, 6.07) is 1.32. The Morgan fingerprint density at radius 2 is 2.26 bits per heavy atom. The van der Waals surface area contributed by atoms with Gasteiger partial charge in [0.25, 0.3) is 0 Å². The van der Waals surface area contributed by atoms with Gasteiger partial charge in [0.15, 0.2) is 0 Å². The van der Waals surface area contributed by atoms with Gasteiger partial charge in [0.05, 0.1) is 23.4 Å². The summed E-state index contributed by atoms with van der Waals surface area (Å²) in [6.45, 7) is 0.271. The van der Waals surface area contributed by atoms with Gasteiger partial charge in [-0.05, 0) is 12.5 Å². The normalized spacial score (nSPS) is 18.5. The van der Waals surface area contributed by atoms with Crippen LogP contribution >= 0.6 is 0 Å². The molecule has 1 aliphatic heterocycles. The average molecular weight is 263 g/mol. The van der Waals surface area contributed by atoms with Crippen LogP contribution in [-0.4, -0.2) is 34.4 Å². The van der Waals surface area contributed by atoms with E-state index in [0.717, 1.165) is 0 Å². The number of aromatic carboxylic acids is 1. The molecule has 0 spiro atoms. The third-order valence-electron chi connectivity index (χ3n) is 2.95. The van der Waals surface area contributed by atoms with Crippen LogP contribution in [0.3, 0.4) is 0 Å². The molecule has 2 heterocycles. The molecule has 100 valence electrons. The molecular formula is C12H13N3O4. The fourth-order valence-corrected chi connectivity index (χ4v) is 1.87. The summed E-state index contributed by atoms with van der Waals surface area (Å²) >= 11 is 0. The van der Waals surface area contributed by atoms with Crippen LogP contribution in [0.5, 0.6) is 0 Å². The van der Waals surface area contributed by atoms with E-state index in [0.29, 0.717) is 12.8 Å². The van der Waals surface area contributed by atoms with Crippen molar-refractivity contribution in [3.63, 3.8) is 0 Å². The van der Waals surface area contributed by atoms with Crippen LogP contribution < -0.4 is 10.6 Å². The summed E-state index contributed by atoms with van der Waals surface area (Å²) in [5, 5.41) is 14.1. The van der Waals surface area contributed by atoms with E-state index < -0.39 is 5.97 Å². The standard InChI is InChI=1S/C12H13N3O4/c16-10-2-1-7(5-14-10)11(17)15-9-6-13-4-3-8(9)12(18)19/h3-4,6-7H,1-2,5H2,(H,14,16)(H,15,17)(H,18,19). The second-order valence-corrected chi connectivity index (χ2v) is 4.26. The van der Waals surface area contributed by atoms with Crippen molar-refractivity contribution in [2.75, 3.05) is 11.9 Å². The van der Waals surface area contributed by atoms with Crippen molar-refractivity contribution in [3.8, 4) is 0 Å². The minimum atomic E-state index is -1.13. The number of carbonyl (C=O) groups is 3. The molecule has 1 aromatic heterocycles. The number of rotatable bonds is 3. The van der Waals surface area contributed by atoms with Crippen LogP contribution in [0.2, 0.25) is 0 Å². The highest BCUT2D eigenvalue weighted by Crippen LogP contribution is 2.17. The monoisotopic (exact) mass is 263 g/mol. The molecule has 2 rings (SSSR count). The Bertz CT molecular complexity index is 519. The Kier molecular flexibility index (Phi) is 3.74. The Morgan fingerprint density at radius 3 is 2.89 bits per heavy atom. The predicted molar refractivity (Wildman–Crippen MR) is 65.6 cm³/mol. The van der Waals surface area contributed by atoms with E-state index in [1.165, 1.54) is 18.5 Å². The first-order chi connectivity index (χ1) is 9.08. The molecule has 1 aliphatic rings. The van der Waals surface area contributed by atoms with Crippen molar-refractivity contribution in [2.45, 2.75) is 12.8 Å². The van der Waals surface area contributed by atoms with Crippen LogP contribution in [0.4, 0.5) is 5.69 Å². The summed E-state index contributed by atoms with van der Waals surface area (Å²) in [5.74, 6) is -1.86. The van der Waals surface area contributed by atoms with E-state index in [-0.39, 0.29) is 35.5 Å². The zero-order valence-corrected chi connectivity index (χ0v) is 10.0. The number of hydrogen-bond acceptors (Lipinski definition) is 4. The van der Waals surface area contributed by atoms with Gasteiger partial charge >= 0.3 is 5.97 Å². The average Bonchev–Trinajstić information content (AvgIpc) is 2.39. The van der Waals surface area contributed by atoms with Crippen LogP contribution in [0, 0.1) is 5.92 Å². The van der Waals surface area contributed by atoms with Crippen molar-refractivity contribution < 1.29 is 19.5 Å². The molecule has 7 nitrogen and oxygen atoms in total. The van der Waals surface area contributed by atoms with E-state index in [2.05, 4.69) is 15.6 Å². The molecule has 0 radical (unpaired) electrons. The Labute approximate surface area is 109 Å². The summed E-state index contributed by atoms with van der Waals surface area (Å²) in [7, 11) is 0. The predicted octanol–water partition coefficient (Wildman–Crippen LogP) is 0.244. The third-order valence-corrected chi connectivity index (χ3v) is 2.95. The molecule has 1 saturated heterocycles. The molecule has 19 heavy (non-hydrogen) atoms. The van der Waals surface area contributed by atoms with Gasteiger partial charge in [0, 0.05) is 19.2 Å². The number of carbonyl (C=O) groups excluding carboxylic acids is 2. The second-order valence-electron chi connectivity index (χ2n) is 4.26. The van der Waals surface area contributed by atoms with Gasteiger partial charge in [-0.2, -0.15) is 0 Å². The lowest BCUT2D eigenvalue weighted by Gasteiger charge is -2.21. The Balaban J connectivity index is 2.07. The van der Waals surface area contributed by atoms with E-state index in [9.17, 15) is 14.4 Å². The molecule has 0 bridgehead atoms. The first kappa shape index (κ1) is 13.0. The Hall–Kier alpha value is -2.44. The molecule has 0 saturated carbocycles. The van der Waals surface area contributed by atoms with Gasteiger partial charge in [-0.1, -0.05) is 0 Å². The largest absolute Gasteiger partial charge is 0.478 e. The van der Waals surface area contributed by atoms with E-state index >= 15 is 0 Å². The van der Waals surface area contributed by atoms with E-state index in [4.69, 9.17) is 5.11 Å². The summed E-state index contributed by atoms with van der Waals surface area (Å²) in [6.07, 6.45) is 3.40. The van der Waals surface area contributed by atoms with Crippen LogP contribution in [-0.2, 0) is 9.59 Å². The van der Waals surface area contributed by atoms with Gasteiger partial charge < -0.3 is 15.7 Å². The lowest BCUT2D eigenvalue weighted by atomic mass is 9.98. The number of piperidine rings is 1. The fraction of sp³-hybridized carbons (Fsp3) is 0.333. The smallest absolute Gasteiger partial charge is 0.337 e. The number of carboxylic acids is 1. The Morgan fingerprint density at radius 1 is 1.47 bits per heavy atom. The molecule has 1 aromatic rings. The SMILES string of the molecule is O=C1CCC(C(=O)Nc2cnccc2C(=O)O)CN1. The number of amides is 2. The fourth-order valence-electron chi connectivity index (χ4n) is 1.87. The van der Waals surface area contributed by atoms with Crippen molar-refractivity contribution in [1.82, 2.24) is 10.3 Å². The quantitative estimate of drug-likeness (QED) is 0.724. The van der Waals surface area contributed by atoms with Crippen molar-refractivity contribution in [3.05, 3.63) is 24.0 Å². The lowest BCUT2D eigenvalue weighted by Crippen LogP contribution is -2.40. The summed E-state index contributed by atoms with van der Waals surface area (Å²) in [5.41, 5.74) is 0.153. The number of aromatic nitrogens is 1. The van der Waals surface area contributed by atoms with E-state index in [1.807, 2.05) is 0 Å². The molecule has 0 aromatic carbocycles. The summed E-state index contributed by atoms with van der Waals surface area (Å²) < 4.78 is 0. The number of carboxylic acid groups (broad SMARTS) is 1. The van der Waals surface area contributed by atoms with Gasteiger partial charge in [-0.25, -0.2) is 4.79 Å². The molecule has 1 fully saturated rings. The zero-order valence-electron chi connectivity index (χ0n) is 10.0. The highest BCUT2D eigenvalue weighted by atomic mass is 16.4. The lowest BCUT2D eigenvalue weighted by molar-refractivity contribution is -0.126. The van der Waals surface area contributed by atoms with E-state index in [1.54, 1.807) is 0 Å². The number of nitrogens with zero attached hydrogens (tertiary/aromatic N) is 1. The molecule has 2 amide bonds. The number of anilines is 1. The number of pyridine rings is 1. The van der Waals surface area contributed by atoms with Crippen molar-refractivity contribution >= 4 is 23.5 Å². The maximum absolute atomic E-state index is 12.0. The zero-order chi connectivity index (χ0) is 13.8. The molecule has 1 atom stereocenters. The van der Waals surface area contributed by atoms with Gasteiger partial charge in [-0.15, -0.1) is 0 Å². The maximum Gasteiger partial charge on any atom is 0.337 e. The first-order valence-electron chi connectivity index (χ1n) is 5.83. The molecule has 3 N–H and O–H groups in total. The van der Waals surface area contributed by atoms with Crippen molar-refractivity contribution in [1.29, 1.82) is 0 Å². The highest BCUT2D eigenvalue weighted by molar-refractivity contribution is 6.01. The molecular weight excluding hydrogens is 250 g/mol. The van der Waals surface area contributed by atoms with Gasteiger partial charge in [0.2, 0.25) is 11.8 Å². The highest BCUT2D eigenvalue weighted by Gasteiger charge is 2.25. The molecule has 0 aliphatic carbocycles. The van der Waals surface area contributed by atoms with Crippen LogP contribution in [0.1, 0.15) is 23.2 Å². The number of nitrogens with one attached hydrogen (secondary N) is 2. The topological polar surface area (TPSA) is 108 Å². The van der Waals surface area contributed by atoms with Gasteiger partial charge in [-0.3, -0.25) is 14.6 Å². The second kappa shape index (κ2) is 5.47. The summed E-state index contributed by atoms with van der Waals surface area (Å²) in [4.78, 5) is 37.7. The minimum Gasteiger partial charge on any atom is -0.478 e. The first-order valence-corrected chi connectivity index (χ1v) is 5.83. The van der Waals surface area contributed by atoms with Crippen molar-refractivity contribution in [2.24, 2.45) is 5.92 Å². The van der Waals surface area contributed by atoms with Crippen LogP contribution in [0.25, 0.3) is 0 Å². The van der Waals surface area contributed by atoms with Gasteiger partial charge in [0.1, 0.15) is 0 Å². The number of hydrogen-bond donors (Lipinski definition) is 3. The molecule has 1 unspecified atom stereocenters.